The van der Waals surface area contributed by atoms with Crippen LogP contribution in [0.5, 0.6) is 5.75 Å². The van der Waals surface area contributed by atoms with Gasteiger partial charge in [-0.05, 0) is 24.3 Å². The number of para-hydroxylation sites is 1. The van der Waals surface area contributed by atoms with E-state index in [-0.39, 0.29) is 43.5 Å². The van der Waals surface area contributed by atoms with Crippen LogP contribution in [0.2, 0.25) is 0 Å². The Morgan fingerprint density at radius 2 is 1.97 bits per heavy atom. The van der Waals surface area contributed by atoms with Crippen LogP contribution < -0.4 is 20.9 Å². The van der Waals surface area contributed by atoms with Gasteiger partial charge in [-0.2, -0.15) is 0 Å². The van der Waals surface area contributed by atoms with E-state index in [2.05, 4.69) is 27.5 Å². The van der Waals surface area contributed by atoms with E-state index in [4.69, 9.17) is 4.74 Å². The van der Waals surface area contributed by atoms with E-state index < -0.39 is 0 Å². The molecule has 2 amide bonds. The lowest BCUT2D eigenvalue weighted by atomic mass is 10.2. The first-order chi connectivity index (χ1) is 15.0. The number of amides is 2. The summed E-state index contributed by atoms with van der Waals surface area (Å²) in [6, 6.07) is 14.1. The van der Waals surface area contributed by atoms with Gasteiger partial charge in [0.15, 0.2) is 0 Å². The second-order valence-electron chi connectivity index (χ2n) is 6.64. The van der Waals surface area contributed by atoms with Crippen LogP contribution in [0.3, 0.4) is 0 Å². The number of carbonyl (C=O) groups excluding carboxylic acids is 2. The molecule has 1 aromatic heterocycles. The van der Waals surface area contributed by atoms with Crippen molar-refractivity contribution in [1.82, 2.24) is 14.9 Å². The Labute approximate surface area is 179 Å². The van der Waals surface area contributed by atoms with Crippen LogP contribution in [-0.2, 0) is 16.1 Å². The molecule has 31 heavy (non-hydrogen) atoms. The van der Waals surface area contributed by atoms with Crippen molar-refractivity contribution in [2.24, 2.45) is 0 Å². The van der Waals surface area contributed by atoms with Crippen LogP contribution in [0.1, 0.15) is 13.3 Å². The summed E-state index contributed by atoms with van der Waals surface area (Å²) in [5.41, 5.74) is 1.11. The summed E-state index contributed by atoms with van der Waals surface area (Å²) >= 11 is 0. The molecular formula is C23H22N4O4. The highest BCUT2D eigenvalue weighted by Gasteiger charge is 2.05. The first-order valence-corrected chi connectivity index (χ1v) is 9.70. The smallest absolute Gasteiger partial charge is 0.261 e. The van der Waals surface area contributed by atoms with Crippen molar-refractivity contribution in [3.05, 3.63) is 65.2 Å². The molecule has 3 aromatic rings. The van der Waals surface area contributed by atoms with Gasteiger partial charge in [-0.3, -0.25) is 19.0 Å². The lowest BCUT2D eigenvalue weighted by molar-refractivity contribution is -0.121. The molecule has 2 aromatic carbocycles. The number of carbonyl (C=O) groups is 2. The largest absolute Gasteiger partial charge is 0.481 e. The SMILES string of the molecule is CC(=O)Nc1cccc(OCC#CCNC(=O)CCn2cnc3ccccc3c2=O)c1. The zero-order valence-corrected chi connectivity index (χ0v) is 17.1. The summed E-state index contributed by atoms with van der Waals surface area (Å²) in [7, 11) is 0. The Kier molecular flexibility index (Phi) is 7.38. The van der Waals surface area contributed by atoms with Gasteiger partial charge in [-0.25, -0.2) is 4.98 Å². The summed E-state index contributed by atoms with van der Waals surface area (Å²) in [6.45, 7) is 2.00. The minimum atomic E-state index is -0.210. The molecule has 0 unspecified atom stereocenters. The third kappa shape index (κ3) is 6.44. The van der Waals surface area contributed by atoms with Gasteiger partial charge in [0.1, 0.15) is 12.4 Å². The van der Waals surface area contributed by atoms with Crippen LogP contribution in [0.25, 0.3) is 10.9 Å². The van der Waals surface area contributed by atoms with Crippen molar-refractivity contribution < 1.29 is 14.3 Å². The lowest BCUT2D eigenvalue weighted by Gasteiger charge is -2.06. The predicted octanol–water partition coefficient (Wildman–Crippen LogP) is 1.94. The Morgan fingerprint density at radius 1 is 1.13 bits per heavy atom. The number of ether oxygens (including phenoxy) is 1. The maximum absolute atomic E-state index is 12.4. The minimum absolute atomic E-state index is 0.147. The molecule has 158 valence electrons. The van der Waals surface area contributed by atoms with Gasteiger partial charge < -0.3 is 15.4 Å². The van der Waals surface area contributed by atoms with Crippen LogP contribution in [-0.4, -0.2) is 34.5 Å². The lowest BCUT2D eigenvalue weighted by Crippen LogP contribution is -2.27. The number of aromatic nitrogens is 2. The number of hydrogen-bond donors (Lipinski definition) is 2. The third-order valence-electron chi connectivity index (χ3n) is 4.28. The molecule has 2 N–H and O–H groups in total. The zero-order valence-electron chi connectivity index (χ0n) is 17.1. The van der Waals surface area contributed by atoms with E-state index in [1.54, 1.807) is 42.5 Å². The average Bonchev–Trinajstić information content (AvgIpc) is 2.75. The number of benzene rings is 2. The molecule has 0 radical (unpaired) electrons. The molecule has 1 heterocycles. The quantitative estimate of drug-likeness (QED) is 0.571. The number of nitrogens with one attached hydrogen (secondary N) is 2. The molecule has 0 atom stereocenters. The molecular weight excluding hydrogens is 396 g/mol. The summed E-state index contributed by atoms with van der Waals surface area (Å²) < 4.78 is 6.93. The number of aryl methyl sites for hydroxylation is 1. The van der Waals surface area contributed by atoms with E-state index in [0.29, 0.717) is 22.3 Å². The fourth-order valence-corrected chi connectivity index (χ4v) is 2.82. The highest BCUT2D eigenvalue weighted by molar-refractivity contribution is 5.88. The summed E-state index contributed by atoms with van der Waals surface area (Å²) in [5.74, 6) is 5.84. The van der Waals surface area contributed by atoms with E-state index in [1.165, 1.54) is 17.8 Å². The summed E-state index contributed by atoms with van der Waals surface area (Å²) in [5, 5.41) is 5.89. The van der Waals surface area contributed by atoms with Crippen molar-refractivity contribution in [3.8, 4) is 17.6 Å². The van der Waals surface area contributed by atoms with Crippen molar-refractivity contribution >= 4 is 28.4 Å². The van der Waals surface area contributed by atoms with Crippen LogP contribution >= 0.6 is 0 Å². The maximum atomic E-state index is 12.4. The van der Waals surface area contributed by atoms with Gasteiger partial charge in [0.2, 0.25) is 11.8 Å². The van der Waals surface area contributed by atoms with Crippen molar-refractivity contribution in [3.63, 3.8) is 0 Å². The van der Waals surface area contributed by atoms with Crippen molar-refractivity contribution in [2.75, 3.05) is 18.5 Å². The van der Waals surface area contributed by atoms with Gasteiger partial charge in [0, 0.05) is 31.6 Å². The molecule has 8 heteroatoms. The van der Waals surface area contributed by atoms with E-state index in [1.807, 2.05) is 6.07 Å². The summed E-state index contributed by atoms with van der Waals surface area (Å²) in [4.78, 5) is 39.7. The second kappa shape index (κ2) is 10.6. The Morgan fingerprint density at radius 3 is 2.81 bits per heavy atom. The summed E-state index contributed by atoms with van der Waals surface area (Å²) in [6.07, 6.45) is 1.60. The first-order valence-electron chi connectivity index (χ1n) is 9.70. The molecule has 0 saturated carbocycles. The molecule has 0 aliphatic rings. The second-order valence-corrected chi connectivity index (χ2v) is 6.64. The van der Waals surface area contributed by atoms with Crippen molar-refractivity contribution in [2.45, 2.75) is 19.9 Å². The Balaban J connectivity index is 1.40. The maximum Gasteiger partial charge on any atom is 0.261 e. The normalized spacial score (nSPS) is 10.1. The van der Waals surface area contributed by atoms with E-state index in [9.17, 15) is 14.4 Å². The fraction of sp³-hybridized carbons (Fsp3) is 0.217. The van der Waals surface area contributed by atoms with Gasteiger partial charge in [-0.1, -0.05) is 30.0 Å². The number of fused-ring (bicyclic) bond motifs is 1. The Hall–Kier alpha value is -4.12. The highest BCUT2D eigenvalue weighted by atomic mass is 16.5. The third-order valence-corrected chi connectivity index (χ3v) is 4.28. The number of rotatable bonds is 7. The topological polar surface area (TPSA) is 102 Å². The minimum Gasteiger partial charge on any atom is -0.481 e. The zero-order chi connectivity index (χ0) is 22.1. The molecule has 0 saturated heterocycles. The van der Waals surface area contributed by atoms with Gasteiger partial charge in [0.25, 0.3) is 5.56 Å². The molecule has 0 bridgehead atoms. The molecule has 3 rings (SSSR count). The fourth-order valence-electron chi connectivity index (χ4n) is 2.82. The molecule has 0 spiro atoms. The van der Waals surface area contributed by atoms with E-state index in [0.717, 1.165) is 0 Å². The predicted molar refractivity (Wildman–Crippen MR) is 118 cm³/mol. The van der Waals surface area contributed by atoms with Crippen LogP contribution in [0, 0.1) is 11.8 Å². The number of hydrogen-bond acceptors (Lipinski definition) is 5. The molecule has 0 aliphatic heterocycles. The van der Waals surface area contributed by atoms with Gasteiger partial charge >= 0.3 is 0 Å². The standard InChI is InChI=1S/C23H22N4O4/c1-17(28)26-18-7-6-8-19(15-18)31-14-5-4-12-24-22(29)11-13-27-16-25-21-10-3-2-9-20(21)23(27)30/h2-3,6-10,15-16H,11-14H2,1H3,(H,24,29)(H,26,28). The number of anilines is 1. The average molecular weight is 418 g/mol. The van der Waals surface area contributed by atoms with Crippen molar-refractivity contribution in [1.29, 1.82) is 0 Å². The van der Waals surface area contributed by atoms with E-state index >= 15 is 0 Å². The first kappa shape index (κ1) is 21.6. The monoisotopic (exact) mass is 418 g/mol. The molecule has 0 aliphatic carbocycles. The molecule has 8 nitrogen and oxygen atoms in total. The molecule has 0 fully saturated rings. The van der Waals surface area contributed by atoms with Crippen LogP contribution in [0.4, 0.5) is 5.69 Å². The van der Waals surface area contributed by atoms with Gasteiger partial charge in [-0.15, -0.1) is 0 Å². The highest BCUT2D eigenvalue weighted by Crippen LogP contribution is 2.16. The van der Waals surface area contributed by atoms with Gasteiger partial charge in [0.05, 0.1) is 23.8 Å². The van der Waals surface area contributed by atoms with Crippen LogP contribution in [0.15, 0.2) is 59.7 Å². The Bertz CT molecular complexity index is 1210. The number of nitrogens with zero attached hydrogens (tertiary/aromatic N) is 2.